The van der Waals surface area contributed by atoms with Crippen LogP contribution >= 0.6 is 27.5 Å². The molecule has 1 aliphatic carbocycles. The molecule has 1 unspecified atom stereocenters. The summed E-state index contributed by atoms with van der Waals surface area (Å²) in [5, 5.41) is 12.0. The minimum Gasteiger partial charge on any atom is -0.258 e. The molecule has 0 spiro atoms. The molecule has 0 radical (unpaired) electrons. The summed E-state index contributed by atoms with van der Waals surface area (Å²) in [4.78, 5) is 15.0. The molecule has 1 atom stereocenters. The fourth-order valence-corrected chi connectivity index (χ4v) is 3.17. The van der Waals surface area contributed by atoms with Gasteiger partial charge < -0.3 is 0 Å². The maximum atomic E-state index is 11.2. The average Bonchev–Trinajstić information content (AvgIpc) is 3.23. The Bertz CT molecular complexity index is 688. The fraction of sp³-hybridized carbons (Fsp3) is 0.357. The smallest absolute Gasteiger partial charge is 0.258 e. The standard InChI is InChI=1S/C14H12BrClN2O2/c15-9-3-4-13-10(5-9)11(6-12(16)8-1-2-8)14(7-17-13)18(19)20/h3-5,7-8,12H,1-2,6H2. The Morgan fingerprint density at radius 3 is 2.90 bits per heavy atom. The molecule has 1 saturated carbocycles. The molecule has 0 amide bonds. The second kappa shape index (κ2) is 5.30. The predicted molar refractivity (Wildman–Crippen MR) is 82.2 cm³/mol. The number of hydrogen-bond donors (Lipinski definition) is 0. The third kappa shape index (κ3) is 2.65. The van der Waals surface area contributed by atoms with Crippen LogP contribution in [-0.2, 0) is 6.42 Å². The number of benzene rings is 1. The quantitative estimate of drug-likeness (QED) is 0.462. The molecule has 0 bridgehead atoms. The Hall–Kier alpha value is -1.20. The third-order valence-corrected chi connectivity index (χ3v) is 4.65. The first-order valence-electron chi connectivity index (χ1n) is 6.42. The van der Waals surface area contributed by atoms with Crippen LogP contribution in [0.25, 0.3) is 10.9 Å². The van der Waals surface area contributed by atoms with Crippen molar-refractivity contribution in [2.24, 2.45) is 5.92 Å². The van der Waals surface area contributed by atoms with E-state index in [2.05, 4.69) is 20.9 Å². The van der Waals surface area contributed by atoms with Gasteiger partial charge in [0.25, 0.3) is 5.69 Å². The molecular weight excluding hydrogens is 344 g/mol. The van der Waals surface area contributed by atoms with E-state index in [0.717, 1.165) is 28.2 Å². The molecule has 0 aliphatic heterocycles. The van der Waals surface area contributed by atoms with E-state index in [1.807, 2.05) is 18.2 Å². The summed E-state index contributed by atoms with van der Waals surface area (Å²) in [5.41, 5.74) is 1.50. The van der Waals surface area contributed by atoms with Gasteiger partial charge in [-0.25, -0.2) is 4.98 Å². The summed E-state index contributed by atoms with van der Waals surface area (Å²) < 4.78 is 0.881. The van der Waals surface area contributed by atoms with E-state index in [1.54, 1.807) is 0 Å². The van der Waals surface area contributed by atoms with Crippen LogP contribution in [0, 0.1) is 16.0 Å². The van der Waals surface area contributed by atoms with Gasteiger partial charge in [-0.3, -0.25) is 10.1 Å². The SMILES string of the molecule is O=[N+]([O-])c1cnc2ccc(Br)cc2c1CC(Cl)C1CC1. The number of alkyl halides is 1. The lowest BCUT2D eigenvalue weighted by molar-refractivity contribution is -0.385. The van der Waals surface area contributed by atoms with E-state index in [0.29, 0.717) is 17.9 Å². The normalized spacial score (nSPS) is 16.3. The summed E-state index contributed by atoms with van der Waals surface area (Å²) in [6.07, 6.45) is 4.09. The lowest BCUT2D eigenvalue weighted by atomic mass is 10.0. The van der Waals surface area contributed by atoms with Crippen LogP contribution in [0.2, 0.25) is 0 Å². The predicted octanol–water partition coefficient (Wildman–Crippen LogP) is 4.47. The molecule has 1 heterocycles. The van der Waals surface area contributed by atoms with E-state index in [-0.39, 0.29) is 16.0 Å². The molecule has 0 N–H and O–H groups in total. The van der Waals surface area contributed by atoms with Gasteiger partial charge >= 0.3 is 0 Å². The molecule has 20 heavy (non-hydrogen) atoms. The third-order valence-electron chi connectivity index (χ3n) is 3.65. The highest BCUT2D eigenvalue weighted by Gasteiger charge is 2.32. The molecule has 1 aromatic carbocycles. The molecule has 0 saturated heterocycles. The Labute approximate surface area is 129 Å². The first-order chi connectivity index (χ1) is 9.56. The highest BCUT2D eigenvalue weighted by atomic mass is 79.9. The lowest BCUT2D eigenvalue weighted by Gasteiger charge is -2.11. The zero-order chi connectivity index (χ0) is 14.3. The van der Waals surface area contributed by atoms with Gasteiger partial charge in [0.2, 0.25) is 0 Å². The first-order valence-corrected chi connectivity index (χ1v) is 7.65. The number of fused-ring (bicyclic) bond motifs is 1. The van der Waals surface area contributed by atoms with Crippen LogP contribution in [0.15, 0.2) is 28.9 Å². The second-order valence-electron chi connectivity index (χ2n) is 5.10. The van der Waals surface area contributed by atoms with Gasteiger partial charge in [0.1, 0.15) is 6.20 Å². The lowest BCUT2D eigenvalue weighted by Crippen LogP contribution is -2.09. The van der Waals surface area contributed by atoms with E-state index >= 15 is 0 Å². The Morgan fingerprint density at radius 1 is 1.50 bits per heavy atom. The largest absolute Gasteiger partial charge is 0.291 e. The van der Waals surface area contributed by atoms with Crippen LogP contribution in [0.1, 0.15) is 18.4 Å². The maximum absolute atomic E-state index is 11.2. The highest BCUT2D eigenvalue weighted by molar-refractivity contribution is 9.10. The van der Waals surface area contributed by atoms with Crippen molar-refractivity contribution in [2.75, 3.05) is 0 Å². The summed E-state index contributed by atoms with van der Waals surface area (Å²) in [6, 6.07) is 5.61. The van der Waals surface area contributed by atoms with E-state index in [4.69, 9.17) is 11.6 Å². The van der Waals surface area contributed by atoms with Gasteiger partial charge in [-0.2, -0.15) is 0 Å². The summed E-state index contributed by atoms with van der Waals surface area (Å²) >= 11 is 9.78. The van der Waals surface area contributed by atoms with E-state index in [1.165, 1.54) is 6.20 Å². The van der Waals surface area contributed by atoms with Gasteiger partial charge in [0, 0.05) is 20.8 Å². The average molecular weight is 356 g/mol. The molecule has 4 nitrogen and oxygen atoms in total. The monoisotopic (exact) mass is 354 g/mol. The zero-order valence-electron chi connectivity index (χ0n) is 10.6. The summed E-state index contributed by atoms with van der Waals surface area (Å²) in [5.74, 6) is 0.492. The molecular formula is C14H12BrClN2O2. The number of halogens is 2. The maximum Gasteiger partial charge on any atom is 0.291 e. The minimum atomic E-state index is -0.376. The molecule has 104 valence electrons. The molecule has 1 aromatic heterocycles. The molecule has 6 heteroatoms. The fourth-order valence-electron chi connectivity index (χ4n) is 2.40. The summed E-state index contributed by atoms with van der Waals surface area (Å²) in [6.45, 7) is 0. The van der Waals surface area contributed by atoms with E-state index in [9.17, 15) is 10.1 Å². The minimum absolute atomic E-state index is 0.0433. The zero-order valence-corrected chi connectivity index (χ0v) is 12.9. The number of pyridine rings is 1. The number of nitrogens with zero attached hydrogens (tertiary/aromatic N) is 2. The molecule has 1 fully saturated rings. The van der Waals surface area contributed by atoms with E-state index < -0.39 is 0 Å². The topological polar surface area (TPSA) is 56.0 Å². The van der Waals surface area contributed by atoms with Crippen molar-refractivity contribution in [1.82, 2.24) is 4.98 Å². The summed E-state index contributed by atoms with van der Waals surface area (Å²) in [7, 11) is 0. The Morgan fingerprint density at radius 2 is 2.25 bits per heavy atom. The van der Waals surface area contributed by atoms with Crippen LogP contribution < -0.4 is 0 Å². The van der Waals surface area contributed by atoms with Crippen molar-refractivity contribution in [3.05, 3.63) is 44.5 Å². The first kappa shape index (κ1) is 13.8. The number of hydrogen-bond acceptors (Lipinski definition) is 3. The van der Waals surface area contributed by atoms with Crippen LogP contribution in [0.5, 0.6) is 0 Å². The molecule has 2 aromatic rings. The van der Waals surface area contributed by atoms with Crippen molar-refractivity contribution >= 4 is 44.1 Å². The number of rotatable bonds is 4. The number of nitro groups is 1. The Kier molecular flexibility index (Phi) is 3.65. The van der Waals surface area contributed by atoms with Crippen molar-refractivity contribution in [3.8, 4) is 0 Å². The van der Waals surface area contributed by atoms with Crippen LogP contribution in [0.4, 0.5) is 5.69 Å². The van der Waals surface area contributed by atoms with Crippen molar-refractivity contribution < 1.29 is 4.92 Å². The molecule has 3 rings (SSSR count). The van der Waals surface area contributed by atoms with Crippen molar-refractivity contribution in [3.63, 3.8) is 0 Å². The van der Waals surface area contributed by atoms with Gasteiger partial charge in [-0.15, -0.1) is 11.6 Å². The Balaban J connectivity index is 2.14. The van der Waals surface area contributed by atoms with Crippen molar-refractivity contribution in [2.45, 2.75) is 24.6 Å². The van der Waals surface area contributed by atoms with Gasteiger partial charge in [0.15, 0.2) is 0 Å². The second-order valence-corrected chi connectivity index (χ2v) is 6.57. The van der Waals surface area contributed by atoms with Gasteiger partial charge in [-0.1, -0.05) is 15.9 Å². The van der Waals surface area contributed by atoms with Crippen molar-refractivity contribution in [1.29, 1.82) is 0 Å². The highest BCUT2D eigenvalue weighted by Crippen LogP contribution is 2.39. The van der Waals surface area contributed by atoms with Gasteiger partial charge in [0.05, 0.1) is 10.4 Å². The van der Waals surface area contributed by atoms with Gasteiger partial charge in [-0.05, 0) is 43.4 Å². The molecule has 1 aliphatic rings. The van der Waals surface area contributed by atoms with Crippen LogP contribution in [-0.4, -0.2) is 15.3 Å². The van der Waals surface area contributed by atoms with Crippen LogP contribution in [0.3, 0.4) is 0 Å². The number of aromatic nitrogens is 1.